The van der Waals surface area contributed by atoms with Crippen molar-refractivity contribution >= 4 is 32.6 Å². The zero-order chi connectivity index (χ0) is 16.2. The van der Waals surface area contributed by atoms with Crippen LogP contribution in [-0.2, 0) is 0 Å². The van der Waals surface area contributed by atoms with Gasteiger partial charge in [0.25, 0.3) is 5.91 Å². The van der Waals surface area contributed by atoms with Gasteiger partial charge in [0.15, 0.2) is 5.13 Å². The lowest BCUT2D eigenvalue weighted by atomic mass is 10.1. The Balaban J connectivity index is 1.98. The van der Waals surface area contributed by atoms with Crippen molar-refractivity contribution in [1.82, 2.24) is 4.98 Å². The molecule has 0 aliphatic rings. The number of fused-ring (bicyclic) bond motifs is 1. The third kappa shape index (κ3) is 2.98. The number of para-hydroxylation sites is 1. The molecule has 2 aromatic carbocycles. The summed E-state index contributed by atoms with van der Waals surface area (Å²) in [4.78, 5) is 18.9. The summed E-state index contributed by atoms with van der Waals surface area (Å²) in [6.07, 6.45) is 1.67. The molecule has 0 atom stereocenters. The van der Waals surface area contributed by atoms with Crippen molar-refractivity contribution in [3.63, 3.8) is 0 Å². The number of aromatic nitrogens is 1. The van der Waals surface area contributed by atoms with Gasteiger partial charge in [-0.15, -0.1) is 6.58 Å². The molecule has 0 spiro atoms. The number of rotatable bonds is 4. The highest BCUT2D eigenvalue weighted by molar-refractivity contribution is 7.22. The minimum atomic E-state index is -0.159. The maximum Gasteiger partial charge on any atom is 0.260 e. The Kier molecular flexibility index (Phi) is 4.18. The molecule has 1 amide bonds. The van der Waals surface area contributed by atoms with Crippen LogP contribution in [0.1, 0.15) is 15.9 Å². The van der Waals surface area contributed by atoms with Gasteiger partial charge in [-0.2, -0.15) is 5.26 Å². The van der Waals surface area contributed by atoms with Crippen molar-refractivity contribution in [1.29, 1.82) is 5.26 Å². The van der Waals surface area contributed by atoms with Gasteiger partial charge in [0.05, 0.1) is 21.8 Å². The molecule has 5 heteroatoms. The van der Waals surface area contributed by atoms with E-state index in [9.17, 15) is 4.79 Å². The highest BCUT2D eigenvalue weighted by Gasteiger charge is 2.20. The fraction of sp³-hybridized carbons (Fsp3) is 0.0556. The number of nitriles is 1. The van der Waals surface area contributed by atoms with Gasteiger partial charge in [-0.3, -0.25) is 9.69 Å². The van der Waals surface area contributed by atoms with Gasteiger partial charge < -0.3 is 0 Å². The van der Waals surface area contributed by atoms with E-state index >= 15 is 0 Å². The highest BCUT2D eigenvalue weighted by atomic mass is 32.1. The van der Waals surface area contributed by atoms with Gasteiger partial charge in [0, 0.05) is 12.1 Å². The van der Waals surface area contributed by atoms with Crippen LogP contribution in [0, 0.1) is 11.3 Å². The number of nitrogens with zero attached hydrogens (tertiary/aromatic N) is 3. The first-order valence-electron chi connectivity index (χ1n) is 7.01. The van der Waals surface area contributed by atoms with Gasteiger partial charge in [0.2, 0.25) is 0 Å². The summed E-state index contributed by atoms with van der Waals surface area (Å²) < 4.78 is 1.03. The Morgan fingerprint density at radius 1 is 1.26 bits per heavy atom. The maximum atomic E-state index is 12.8. The summed E-state index contributed by atoms with van der Waals surface area (Å²) >= 11 is 1.47. The molecule has 0 aliphatic heterocycles. The Labute approximate surface area is 137 Å². The van der Waals surface area contributed by atoms with Crippen LogP contribution in [0.2, 0.25) is 0 Å². The molecule has 0 fully saturated rings. The Morgan fingerprint density at radius 3 is 2.65 bits per heavy atom. The van der Waals surface area contributed by atoms with E-state index in [2.05, 4.69) is 11.6 Å². The first-order chi connectivity index (χ1) is 11.2. The second-order valence-electron chi connectivity index (χ2n) is 4.86. The number of carbonyl (C=O) groups is 1. The normalized spacial score (nSPS) is 10.2. The van der Waals surface area contributed by atoms with Gasteiger partial charge >= 0.3 is 0 Å². The van der Waals surface area contributed by atoms with Crippen molar-refractivity contribution in [2.75, 3.05) is 11.4 Å². The van der Waals surface area contributed by atoms with E-state index < -0.39 is 0 Å². The number of benzene rings is 2. The van der Waals surface area contributed by atoms with Crippen molar-refractivity contribution in [2.24, 2.45) is 0 Å². The fourth-order valence-electron chi connectivity index (χ4n) is 2.20. The number of amides is 1. The number of thiazole rings is 1. The second-order valence-corrected chi connectivity index (χ2v) is 5.87. The monoisotopic (exact) mass is 319 g/mol. The molecular weight excluding hydrogens is 306 g/mol. The number of hydrogen-bond acceptors (Lipinski definition) is 4. The summed E-state index contributed by atoms with van der Waals surface area (Å²) in [6, 6.07) is 16.4. The molecule has 0 saturated carbocycles. The van der Waals surface area contributed by atoms with Crippen LogP contribution in [0.15, 0.2) is 61.2 Å². The van der Waals surface area contributed by atoms with Crippen molar-refractivity contribution in [3.8, 4) is 6.07 Å². The summed E-state index contributed by atoms with van der Waals surface area (Å²) in [7, 11) is 0. The van der Waals surface area contributed by atoms with Crippen molar-refractivity contribution in [2.45, 2.75) is 0 Å². The van der Waals surface area contributed by atoms with Gasteiger partial charge in [-0.25, -0.2) is 4.98 Å². The quantitative estimate of drug-likeness (QED) is 0.683. The average molecular weight is 319 g/mol. The van der Waals surface area contributed by atoms with Crippen LogP contribution >= 0.6 is 11.3 Å². The van der Waals surface area contributed by atoms with Gasteiger partial charge in [-0.1, -0.05) is 29.5 Å². The molecule has 0 radical (unpaired) electrons. The van der Waals surface area contributed by atoms with Crippen molar-refractivity contribution < 1.29 is 4.79 Å². The summed E-state index contributed by atoms with van der Waals surface area (Å²) in [5.41, 5.74) is 1.91. The molecule has 0 aliphatic carbocycles. The zero-order valence-electron chi connectivity index (χ0n) is 12.3. The number of anilines is 1. The molecule has 0 unspecified atom stereocenters. The highest BCUT2D eigenvalue weighted by Crippen LogP contribution is 2.29. The molecule has 4 nitrogen and oxygen atoms in total. The lowest BCUT2D eigenvalue weighted by molar-refractivity contribution is 0.0989. The SMILES string of the molecule is C=CCN(C(=O)c1ccc(C#N)cc1)c1nc2ccccc2s1. The predicted octanol–water partition coefficient (Wildman–Crippen LogP) is 4.00. The van der Waals surface area contributed by atoms with E-state index in [-0.39, 0.29) is 5.91 Å². The van der Waals surface area contributed by atoms with E-state index in [4.69, 9.17) is 5.26 Å². The molecular formula is C18H13N3OS. The predicted molar refractivity (Wildman–Crippen MR) is 92.7 cm³/mol. The minimum Gasteiger partial charge on any atom is -0.280 e. The van der Waals surface area contributed by atoms with Crippen LogP contribution in [0.3, 0.4) is 0 Å². The number of carbonyl (C=O) groups excluding carboxylic acids is 1. The minimum absolute atomic E-state index is 0.159. The topological polar surface area (TPSA) is 57.0 Å². The molecule has 1 aromatic heterocycles. The lowest BCUT2D eigenvalue weighted by Crippen LogP contribution is -2.30. The molecule has 0 saturated heterocycles. The molecule has 1 heterocycles. The number of hydrogen-bond donors (Lipinski definition) is 0. The Bertz CT molecular complexity index is 873. The molecule has 112 valence electrons. The average Bonchev–Trinajstić information content (AvgIpc) is 3.03. The molecule has 0 bridgehead atoms. The third-order valence-electron chi connectivity index (χ3n) is 3.33. The van der Waals surface area contributed by atoms with E-state index in [1.54, 1.807) is 35.2 Å². The van der Waals surface area contributed by atoms with Crippen LogP contribution in [0.4, 0.5) is 5.13 Å². The maximum absolute atomic E-state index is 12.8. The van der Waals surface area contributed by atoms with Gasteiger partial charge in [-0.05, 0) is 36.4 Å². The first kappa shape index (κ1) is 14.9. The summed E-state index contributed by atoms with van der Waals surface area (Å²) in [6.45, 7) is 4.10. The molecule has 23 heavy (non-hydrogen) atoms. The van der Waals surface area contributed by atoms with E-state index in [1.807, 2.05) is 30.3 Å². The van der Waals surface area contributed by atoms with E-state index in [0.717, 1.165) is 10.2 Å². The van der Waals surface area contributed by atoms with E-state index in [0.29, 0.717) is 22.8 Å². The summed E-state index contributed by atoms with van der Waals surface area (Å²) in [5.74, 6) is -0.159. The van der Waals surface area contributed by atoms with Crippen LogP contribution in [0.25, 0.3) is 10.2 Å². The standard InChI is InChI=1S/C18H13N3OS/c1-2-11-21(17(22)14-9-7-13(12-19)8-10-14)18-20-15-5-3-4-6-16(15)23-18/h2-10H,1,11H2. The Hall–Kier alpha value is -2.97. The van der Waals surface area contributed by atoms with Crippen LogP contribution in [-0.4, -0.2) is 17.4 Å². The molecule has 3 aromatic rings. The van der Waals surface area contributed by atoms with Gasteiger partial charge in [0.1, 0.15) is 0 Å². The smallest absolute Gasteiger partial charge is 0.260 e. The largest absolute Gasteiger partial charge is 0.280 e. The molecule has 0 N–H and O–H groups in total. The van der Waals surface area contributed by atoms with E-state index in [1.165, 1.54) is 11.3 Å². The van der Waals surface area contributed by atoms with Crippen molar-refractivity contribution in [3.05, 3.63) is 72.3 Å². The van der Waals surface area contributed by atoms with Crippen LogP contribution in [0.5, 0.6) is 0 Å². The lowest BCUT2D eigenvalue weighted by Gasteiger charge is -2.17. The molecule has 3 rings (SSSR count). The second kappa shape index (κ2) is 6.42. The summed E-state index contributed by atoms with van der Waals surface area (Å²) in [5, 5.41) is 9.49. The Morgan fingerprint density at radius 2 is 2.00 bits per heavy atom. The first-order valence-corrected chi connectivity index (χ1v) is 7.83. The fourth-order valence-corrected chi connectivity index (χ4v) is 3.17. The third-order valence-corrected chi connectivity index (χ3v) is 4.39. The zero-order valence-corrected chi connectivity index (χ0v) is 13.1. The van der Waals surface area contributed by atoms with Crippen LogP contribution < -0.4 is 4.90 Å².